The third-order valence-corrected chi connectivity index (χ3v) is 5.94. The molecule has 4 rings (SSSR count). The van der Waals surface area contributed by atoms with Crippen molar-refractivity contribution in [1.82, 2.24) is 19.1 Å². The van der Waals surface area contributed by atoms with Gasteiger partial charge in [-0.1, -0.05) is 6.92 Å². The van der Waals surface area contributed by atoms with Gasteiger partial charge in [-0.3, -0.25) is 9.13 Å². The third kappa shape index (κ3) is 3.59. The number of primary sulfonamides is 1. The lowest BCUT2D eigenvalue weighted by Gasteiger charge is -2.09. The standard InChI is InChI=1S/C20H19F2N5O3S/c1-3-6-26-17-9-24-19-13(5-4-11(2)25-19)18(17)27(20(26)28)10-14-15(21)7-12(8-16(14)22)31(23,29)30/h4-5,7-9H,3,6,10H2,1-2H3,(H2,23,29,30). The number of rotatable bonds is 5. The van der Waals surface area contributed by atoms with E-state index in [-0.39, 0.29) is 0 Å². The molecule has 0 aliphatic carbocycles. The first-order chi connectivity index (χ1) is 14.6. The van der Waals surface area contributed by atoms with Crippen LogP contribution in [0.2, 0.25) is 0 Å². The molecule has 0 amide bonds. The minimum atomic E-state index is -4.29. The van der Waals surface area contributed by atoms with Gasteiger partial charge in [0.2, 0.25) is 10.0 Å². The zero-order valence-corrected chi connectivity index (χ0v) is 17.6. The Hall–Kier alpha value is -3.18. The molecule has 2 N–H and O–H groups in total. The Kier molecular flexibility index (Phi) is 5.10. The maximum Gasteiger partial charge on any atom is 0.329 e. The lowest BCUT2D eigenvalue weighted by molar-refractivity contribution is 0.531. The zero-order chi connectivity index (χ0) is 22.5. The van der Waals surface area contributed by atoms with Crippen LogP contribution in [0, 0.1) is 18.6 Å². The quantitative estimate of drug-likeness (QED) is 0.505. The molecule has 11 heteroatoms. The van der Waals surface area contributed by atoms with E-state index in [0.29, 0.717) is 47.2 Å². The van der Waals surface area contributed by atoms with Gasteiger partial charge in [0.1, 0.15) is 11.6 Å². The molecule has 3 aromatic heterocycles. The number of sulfonamides is 1. The molecule has 0 fully saturated rings. The summed E-state index contributed by atoms with van der Waals surface area (Å²) >= 11 is 0. The maximum absolute atomic E-state index is 14.7. The molecule has 0 radical (unpaired) electrons. The van der Waals surface area contributed by atoms with Gasteiger partial charge in [0.25, 0.3) is 0 Å². The van der Waals surface area contributed by atoms with E-state index in [2.05, 4.69) is 9.97 Å². The lowest BCUT2D eigenvalue weighted by atomic mass is 10.2. The molecule has 4 aromatic rings. The molecule has 0 aliphatic heterocycles. The van der Waals surface area contributed by atoms with Crippen LogP contribution in [0.1, 0.15) is 24.6 Å². The minimum Gasteiger partial charge on any atom is -0.290 e. The van der Waals surface area contributed by atoms with E-state index in [1.54, 1.807) is 19.1 Å². The van der Waals surface area contributed by atoms with Crippen molar-refractivity contribution in [2.24, 2.45) is 5.14 Å². The predicted molar refractivity (Wildman–Crippen MR) is 111 cm³/mol. The normalized spacial score (nSPS) is 12.2. The fraction of sp³-hybridized carbons (Fsp3) is 0.250. The summed E-state index contributed by atoms with van der Waals surface area (Å²) in [5.41, 5.74) is 1.20. The predicted octanol–water partition coefficient (Wildman–Crippen LogP) is 2.44. The second-order valence-electron chi connectivity index (χ2n) is 7.25. The molecular weight excluding hydrogens is 428 g/mol. The number of aryl methyl sites for hydroxylation is 2. The Balaban J connectivity index is 2.00. The summed E-state index contributed by atoms with van der Waals surface area (Å²) in [7, 11) is -4.29. The van der Waals surface area contributed by atoms with Crippen LogP contribution in [-0.4, -0.2) is 27.5 Å². The monoisotopic (exact) mass is 447 g/mol. The highest BCUT2D eigenvalue weighted by Crippen LogP contribution is 2.25. The molecule has 1 aromatic carbocycles. The van der Waals surface area contributed by atoms with E-state index in [1.807, 2.05) is 6.92 Å². The Bertz CT molecular complexity index is 1490. The van der Waals surface area contributed by atoms with Crippen molar-refractivity contribution >= 4 is 32.1 Å². The number of aromatic nitrogens is 4. The van der Waals surface area contributed by atoms with Crippen LogP contribution >= 0.6 is 0 Å². The number of benzene rings is 1. The summed E-state index contributed by atoms with van der Waals surface area (Å²) < 4.78 is 55.0. The van der Waals surface area contributed by atoms with Crippen LogP contribution in [0.15, 0.2) is 40.2 Å². The van der Waals surface area contributed by atoms with E-state index >= 15 is 0 Å². The van der Waals surface area contributed by atoms with Crippen molar-refractivity contribution in [3.63, 3.8) is 0 Å². The van der Waals surface area contributed by atoms with Gasteiger partial charge in [0, 0.05) is 23.2 Å². The van der Waals surface area contributed by atoms with Gasteiger partial charge >= 0.3 is 5.69 Å². The van der Waals surface area contributed by atoms with Crippen molar-refractivity contribution in [2.75, 3.05) is 0 Å². The van der Waals surface area contributed by atoms with Crippen molar-refractivity contribution in [3.8, 4) is 0 Å². The Morgan fingerprint density at radius 2 is 1.81 bits per heavy atom. The lowest BCUT2D eigenvalue weighted by Crippen LogP contribution is -2.25. The Morgan fingerprint density at radius 1 is 1.13 bits per heavy atom. The largest absolute Gasteiger partial charge is 0.329 e. The van der Waals surface area contributed by atoms with Gasteiger partial charge < -0.3 is 0 Å². The molecule has 0 saturated heterocycles. The van der Waals surface area contributed by atoms with E-state index in [4.69, 9.17) is 5.14 Å². The molecule has 0 spiro atoms. The summed E-state index contributed by atoms with van der Waals surface area (Å²) in [4.78, 5) is 21.2. The van der Waals surface area contributed by atoms with Crippen molar-refractivity contribution in [2.45, 2.75) is 38.3 Å². The summed E-state index contributed by atoms with van der Waals surface area (Å²) in [6.45, 7) is 3.66. The molecule has 0 saturated carbocycles. The van der Waals surface area contributed by atoms with Crippen molar-refractivity contribution in [3.05, 3.63) is 63.8 Å². The van der Waals surface area contributed by atoms with Crippen LogP contribution in [0.3, 0.4) is 0 Å². The van der Waals surface area contributed by atoms with E-state index in [9.17, 15) is 22.0 Å². The number of fused-ring (bicyclic) bond motifs is 3. The summed E-state index contributed by atoms with van der Waals surface area (Å²) in [5.74, 6) is -2.22. The zero-order valence-electron chi connectivity index (χ0n) is 16.8. The SMILES string of the molecule is CCCn1c(=O)n(Cc2c(F)cc(S(N)(=O)=O)cc2F)c2c3ccc(C)nc3ncc21. The maximum atomic E-state index is 14.7. The number of halogens is 2. The molecule has 0 atom stereocenters. The van der Waals surface area contributed by atoms with Crippen molar-refractivity contribution < 1.29 is 17.2 Å². The highest BCUT2D eigenvalue weighted by atomic mass is 32.2. The smallest absolute Gasteiger partial charge is 0.290 e. The highest BCUT2D eigenvalue weighted by Gasteiger charge is 2.22. The molecule has 31 heavy (non-hydrogen) atoms. The van der Waals surface area contributed by atoms with Crippen LogP contribution in [0.4, 0.5) is 8.78 Å². The summed E-state index contributed by atoms with van der Waals surface area (Å²) in [6, 6.07) is 4.82. The van der Waals surface area contributed by atoms with Crippen molar-refractivity contribution in [1.29, 1.82) is 0 Å². The molecule has 0 aliphatic rings. The molecule has 8 nitrogen and oxygen atoms in total. The first-order valence-corrected chi connectivity index (χ1v) is 11.0. The number of imidazole rings is 1. The minimum absolute atomic E-state index is 0.393. The summed E-state index contributed by atoms with van der Waals surface area (Å²) in [6.07, 6.45) is 2.18. The van der Waals surface area contributed by atoms with Gasteiger partial charge in [-0.05, 0) is 37.6 Å². The molecule has 0 bridgehead atoms. The van der Waals surface area contributed by atoms with Gasteiger partial charge in [0.05, 0.1) is 28.7 Å². The number of hydrogen-bond acceptors (Lipinski definition) is 5. The number of pyridine rings is 2. The number of nitrogens with zero attached hydrogens (tertiary/aromatic N) is 4. The highest BCUT2D eigenvalue weighted by molar-refractivity contribution is 7.89. The number of hydrogen-bond donors (Lipinski definition) is 1. The van der Waals surface area contributed by atoms with Crippen LogP contribution < -0.4 is 10.8 Å². The van der Waals surface area contributed by atoms with E-state index < -0.39 is 44.4 Å². The fourth-order valence-electron chi connectivity index (χ4n) is 3.61. The van der Waals surface area contributed by atoms with Crippen LogP contribution in [-0.2, 0) is 23.1 Å². The van der Waals surface area contributed by atoms with Gasteiger partial charge in [0.15, 0.2) is 5.65 Å². The number of nitrogens with two attached hydrogens (primary N) is 1. The van der Waals surface area contributed by atoms with Crippen LogP contribution in [0.5, 0.6) is 0 Å². The van der Waals surface area contributed by atoms with E-state index in [0.717, 1.165) is 5.69 Å². The molecular formula is C20H19F2N5O3S. The van der Waals surface area contributed by atoms with Gasteiger partial charge in [-0.15, -0.1) is 0 Å². The van der Waals surface area contributed by atoms with E-state index in [1.165, 1.54) is 15.3 Å². The van der Waals surface area contributed by atoms with Gasteiger partial charge in [-0.25, -0.2) is 37.1 Å². The molecule has 0 unspecified atom stereocenters. The van der Waals surface area contributed by atoms with Gasteiger partial charge in [-0.2, -0.15) is 0 Å². The second kappa shape index (κ2) is 7.50. The second-order valence-corrected chi connectivity index (χ2v) is 8.81. The Morgan fingerprint density at radius 3 is 2.42 bits per heavy atom. The third-order valence-electron chi connectivity index (χ3n) is 5.05. The van der Waals surface area contributed by atoms with Crippen LogP contribution in [0.25, 0.3) is 22.1 Å². The Labute approximate surface area is 176 Å². The fourth-order valence-corrected chi connectivity index (χ4v) is 4.15. The first kappa shape index (κ1) is 21.1. The molecule has 3 heterocycles. The average molecular weight is 447 g/mol. The first-order valence-electron chi connectivity index (χ1n) is 9.48. The average Bonchev–Trinajstić information content (AvgIpc) is 2.95. The topological polar surface area (TPSA) is 113 Å². The summed E-state index contributed by atoms with van der Waals surface area (Å²) in [5, 5.41) is 5.54. The molecule has 162 valence electrons.